The van der Waals surface area contributed by atoms with Crippen LogP contribution in [0.15, 0.2) is 39.3 Å². The summed E-state index contributed by atoms with van der Waals surface area (Å²) < 4.78 is 1.82. The molecule has 0 bridgehead atoms. The molecule has 0 saturated heterocycles. The number of aromatic carboxylic acids is 1. The second-order valence-corrected chi connectivity index (χ2v) is 6.64. The van der Waals surface area contributed by atoms with E-state index >= 15 is 0 Å². The van der Waals surface area contributed by atoms with E-state index in [1.165, 1.54) is 6.07 Å². The highest BCUT2D eigenvalue weighted by Crippen LogP contribution is 2.29. The van der Waals surface area contributed by atoms with E-state index in [4.69, 9.17) is 0 Å². The van der Waals surface area contributed by atoms with Gasteiger partial charge in [0.15, 0.2) is 0 Å². The number of carboxylic acids is 1. The van der Waals surface area contributed by atoms with Crippen LogP contribution >= 0.6 is 31.9 Å². The van der Waals surface area contributed by atoms with Crippen molar-refractivity contribution in [2.75, 3.05) is 5.32 Å². The molecule has 2 aromatic rings. The van der Waals surface area contributed by atoms with Crippen molar-refractivity contribution in [3.05, 3.63) is 50.5 Å². The number of pyridine rings is 1. The minimum absolute atomic E-state index is 0.151. The zero-order chi connectivity index (χ0) is 15.6. The van der Waals surface area contributed by atoms with E-state index in [0.717, 1.165) is 20.3 Å². The molecule has 0 aliphatic rings. The topological polar surface area (TPSA) is 62.2 Å². The third-order valence-electron chi connectivity index (χ3n) is 2.88. The number of carboxylic acid groups (broad SMARTS) is 1. The summed E-state index contributed by atoms with van der Waals surface area (Å²) >= 11 is 6.85. The molecule has 1 aromatic heterocycles. The van der Waals surface area contributed by atoms with Gasteiger partial charge in [0.05, 0.1) is 11.3 Å². The average Bonchev–Trinajstić information content (AvgIpc) is 2.41. The van der Waals surface area contributed by atoms with Crippen LogP contribution in [0.2, 0.25) is 0 Å². The molecule has 0 amide bonds. The molecule has 110 valence electrons. The lowest BCUT2D eigenvalue weighted by Crippen LogP contribution is -2.05. The summed E-state index contributed by atoms with van der Waals surface area (Å²) in [5.74, 6) is -0.294. The maximum Gasteiger partial charge on any atom is 0.335 e. The Bertz CT molecular complexity index is 687. The molecule has 2 rings (SSSR count). The number of nitrogens with zero attached hydrogens (tertiary/aromatic N) is 1. The largest absolute Gasteiger partial charge is 0.478 e. The number of rotatable bonds is 4. The number of carbonyl (C=O) groups is 1. The normalized spacial score (nSPS) is 10.7. The van der Waals surface area contributed by atoms with Gasteiger partial charge in [-0.1, -0.05) is 29.8 Å². The summed E-state index contributed by atoms with van der Waals surface area (Å²) in [7, 11) is 0. The van der Waals surface area contributed by atoms with E-state index in [2.05, 4.69) is 42.2 Å². The molecule has 0 aliphatic heterocycles. The Morgan fingerprint density at radius 1 is 1.24 bits per heavy atom. The minimum Gasteiger partial charge on any atom is -0.478 e. The van der Waals surface area contributed by atoms with Crippen LogP contribution in [0.5, 0.6) is 0 Å². The fourth-order valence-electron chi connectivity index (χ4n) is 1.76. The Labute approximate surface area is 139 Å². The average molecular weight is 414 g/mol. The van der Waals surface area contributed by atoms with Gasteiger partial charge in [-0.25, -0.2) is 9.78 Å². The van der Waals surface area contributed by atoms with E-state index in [1.54, 1.807) is 6.07 Å². The summed E-state index contributed by atoms with van der Waals surface area (Å²) in [6.07, 6.45) is 0. The lowest BCUT2D eigenvalue weighted by molar-refractivity contribution is 0.0696. The second-order valence-electron chi connectivity index (χ2n) is 4.87. The molecule has 6 heteroatoms. The van der Waals surface area contributed by atoms with E-state index < -0.39 is 5.97 Å². The first-order valence-corrected chi connectivity index (χ1v) is 7.93. The van der Waals surface area contributed by atoms with Crippen molar-refractivity contribution in [3.8, 4) is 0 Å². The molecule has 0 spiro atoms. The van der Waals surface area contributed by atoms with Crippen LogP contribution in [-0.4, -0.2) is 16.1 Å². The summed E-state index contributed by atoms with van der Waals surface area (Å²) in [5, 5.41) is 12.3. The van der Waals surface area contributed by atoms with Crippen LogP contribution in [0.3, 0.4) is 0 Å². The molecule has 0 unspecified atom stereocenters. The first-order valence-electron chi connectivity index (χ1n) is 6.34. The molecular formula is C15H14Br2N2O2. The van der Waals surface area contributed by atoms with Gasteiger partial charge in [0.2, 0.25) is 0 Å². The summed E-state index contributed by atoms with van der Waals surface area (Å²) in [4.78, 5) is 15.7. The van der Waals surface area contributed by atoms with E-state index in [9.17, 15) is 9.90 Å². The number of aromatic nitrogens is 1. The molecule has 0 radical (unpaired) electrons. The van der Waals surface area contributed by atoms with Gasteiger partial charge in [0.1, 0.15) is 5.82 Å². The molecule has 0 saturated carbocycles. The van der Waals surface area contributed by atoms with E-state index in [0.29, 0.717) is 5.82 Å². The van der Waals surface area contributed by atoms with Gasteiger partial charge < -0.3 is 10.4 Å². The quantitative estimate of drug-likeness (QED) is 0.725. The third kappa shape index (κ3) is 4.04. The van der Waals surface area contributed by atoms with Crippen molar-refractivity contribution in [1.29, 1.82) is 0 Å². The highest BCUT2D eigenvalue weighted by molar-refractivity contribution is 9.11. The number of hydrogen-bond acceptors (Lipinski definition) is 3. The summed E-state index contributed by atoms with van der Waals surface area (Å²) in [6, 6.07) is 8.83. The number of halogens is 2. The standard InChI is InChI=1S/C15H14Br2N2O2/c1-8(2)13-5-9(15(20)21)6-14(19-13)18-12-4-3-10(16)7-11(12)17/h3-8H,1-2H3,(H,18,19)(H,20,21). The molecule has 1 aromatic carbocycles. The zero-order valence-corrected chi connectivity index (χ0v) is 14.7. The van der Waals surface area contributed by atoms with Gasteiger partial charge >= 0.3 is 5.97 Å². The first kappa shape index (κ1) is 16.0. The van der Waals surface area contributed by atoms with Gasteiger partial charge in [-0.3, -0.25) is 0 Å². The van der Waals surface area contributed by atoms with Crippen molar-refractivity contribution in [3.63, 3.8) is 0 Å². The van der Waals surface area contributed by atoms with Crippen LogP contribution in [0.1, 0.15) is 35.8 Å². The van der Waals surface area contributed by atoms with Crippen LogP contribution in [0.25, 0.3) is 0 Å². The fourth-order valence-corrected chi connectivity index (χ4v) is 2.91. The van der Waals surface area contributed by atoms with Crippen LogP contribution in [0, 0.1) is 0 Å². The number of hydrogen-bond donors (Lipinski definition) is 2. The van der Waals surface area contributed by atoms with Crippen molar-refractivity contribution in [2.24, 2.45) is 0 Å². The molecule has 2 N–H and O–H groups in total. The maximum absolute atomic E-state index is 11.2. The SMILES string of the molecule is CC(C)c1cc(C(=O)O)cc(Nc2ccc(Br)cc2Br)n1. The monoisotopic (exact) mass is 412 g/mol. The summed E-state index contributed by atoms with van der Waals surface area (Å²) in [6.45, 7) is 3.96. The molecular weight excluding hydrogens is 400 g/mol. The highest BCUT2D eigenvalue weighted by atomic mass is 79.9. The highest BCUT2D eigenvalue weighted by Gasteiger charge is 2.11. The Morgan fingerprint density at radius 3 is 2.52 bits per heavy atom. The molecule has 0 aliphatic carbocycles. The van der Waals surface area contributed by atoms with Gasteiger partial charge in [-0.05, 0) is 52.2 Å². The van der Waals surface area contributed by atoms with Gasteiger partial charge in [-0.2, -0.15) is 0 Å². The molecule has 21 heavy (non-hydrogen) atoms. The van der Waals surface area contributed by atoms with Crippen LogP contribution in [0.4, 0.5) is 11.5 Å². The predicted octanol–water partition coefficient (Wildman–Crippen LogP) is 5.17. The number of benzene rings is 1. The van der Waals surface area contributed by atoms with E-state index in [-0.39, 0.29) is 11.5 Å². The third-order valence-corrected chi connectivity index (χ3v) is 4.03. The molecule has 4 nitrogen and oxygen atoms in total. The van der Waals surface area contributed by atoms with Crippen LogP contribution in [-0.2, 0) is 0 Å². The molecule has 0 atom stereocenters. The van der Waals surface area contributed by atoms with Crippen molar-refractivity contribution in [1.82, 2.24) is 4.98 Å². The Morgan fingerprint density at radius 2 is 1.95 bits per heavy atom. The number of anilines is 2. The summed E-state index contributed by atoms with van der Waals surface area (Å²) in [5.41, 5.74) is 1.79. The Kier molecular flexibility index (Phi) is 5.00. The van der Waals surface area contributed by atoms with Crippen LogP contribution < -0.4 is 5.32 Å². The Hall–Kier alpha value is -1.40. The fraction of sp³-hybridized carbons (Fsp3) is 0.200. The van der Waals surface area contributed by atoms with Crippen molar-refractivity contribution < 1.29 is 9.90 Å². The van der Waals surface area contributed by atoms with Gasteiger partial charge in [0, 0.05) is 14.6 Å². The van der Waals surface area contributed by atoms with Crippen molar-refractivity contribution >= 4 is 49.3 Å². The van der Waals surface area contributed by atoms with E-state index in [1.807, 2.05) is 32.0 Å². The smallest absolute Gasteiger partial charge is 0.335 e. The predicted molar refractivity (Wildman–Crippen MR) is 90.4 cm³/mol. The zero-order valence-electron chi connectivity index (χ0n) is 11.5. The lowest BCUT2D eigenvalue weighted by Gasteiger charge is -2.12. The minimum atomic E-state index is -0.961. The first-order chi connectivity index (χ1) is 9.86. The Balaban J connectivity index is 2.41. The second kappa shape index (κ2) is 6.58. The van der Waals surface area contributed by atoms with Gasteiger partial charge in [0.25, 0.3) is 0 Å². The maximum atomic E-state index is 11.2. The lowest BCUT2D eigenvalue weighted by atomic mass is 10.1. The van der Waals surface area contributed by atoms with Gasteiger partial charge in [-0.15, -0.1) is 0 Å². The van der Waals surface area contributed by atoms with Crippen molar-refractivity contribution in [2.45, 2.75) is 19.8 Å². The number of nitrogens with one attached hydrogen (secondary N) is 1. The molecule has 0 fully saturated rings. The molecule has 1 heterocycles.